The van der Waals surface area contributed by atoms with Gasteiger partial charge in [-0.1, -0.05) is 38.1 Å². The molecule has 6 nitrogen and oxygen atoms in total. The van der Waals surface area contributed by atoms with Crippen molar-refractivity contribution in [2.24, 2.45) is 0 Å². The third kappa shape index (κ3) is 6.26. The molecule has 0 aromatic heterocycles. The van der Waals surface area contributed by atoms with Crippen LogP contribution in [0.25, 0.3) is 0 Å². The van der Waals surface area contributed by atoms with E-state index in [-0.39, 0.29) is 17.0 Å². The van der Waals surface area contributed by atoms with E-state index in [1.165, 1.54) is 4.31 Å². The van der Waals surface area contributed by atoms with Crippen molar-refractivity contribution in [3.8, 4) is 0 Å². The second kappa shape index (κ2) is 10.4. The lowest BCUT2D eigenvalue weighted by Crippen LogP contribution is -2.45. The predicted octanol–water partition coefficient (Wildman–Crippen LogP) is 5.92. The highest BCUT2D eigenvalue weighted by molar-refractivity contribution is 7.92. The summed E-state index contributed by atoms with van der Waals surface area (Å²) in [5, 5.41) is 0. The Morgan fingerprint density at radius 2 is 1.80 bits per heavy atom. The van der Waals surface area contributed by atoms with E-state index in [0.717, 1.165) is 29.5 Å². The molecule has 0 N–H and O–H groups in total. The lowest BCUT2D eigenvalue weighted by Gasteiger charge is -2.36. The van der Waals surface area contributed by atoms with Crippen LogP contribution >= 0.6 is 0 Å². The van der Waals surface area contributed by atoms with Gasteiger partial charge < -0.3 is 9.64 Å². The van der Waals surface area contributed by atoms with E-state index < -0.39 is 15.6 Å². The van der Waals surface area contributed by atoms with Crippen LogP contribution in [-0.4, -0.2) is 44.6 Å². The van der Waals surface area contributed by atoms with Crippen LogP contribution in [-0.2, 0) is 27.6 Å². The zero-order chi connectivity index (χ0) is 26.0. The Morgan fingerprint density at radius 3 is 2.37 bits per heavy atom. The number of anilines is 1. The Labute approximate surface area is 210 Å². The van der Waals surface area contributed by atoms with E-state index in [1.54, 1.807) is 30.2 Å². The Kier molecular flexibility index (Phi) is 8.00. The van der Waals surface area contributed by atoms with Crippen molar-refractivity contribution in [1.29, 1.82) is 0 Å². The second-order valence-electron chi connectivity index (χ2n) is 10.5. The van der Waals surface area contributed by atoms with E-state index in [1.807, 2.05) is 51.1 Å². The quantitative estimate of drug-likeness (QED) is 0.445. The molecule has 0 saturated carbocycles. The van der Waals surface area contributed by atoms with E-state index in [2.05, 4.69) is 20.4 Å². The van der Waals surface area contributed by atoms with Crippen LogP contribution in [0, 0.1) is 0 Å². The summed E-state index contributed by atoms with van der Waals surface area (Å²) in [6.45, 7) is 14.0. The fourth-order valence-corrected chi connectivity index (χ4v) is 5.53. The summed E-state index contributed by atoms with van der Waals surface area (Å²) >= 11 is 0. The number of fused-ring (bicyclic) bond motifs is 1. The standard InChI is InChI=1S/C28H38N2O4S/c1-8-17-30(27(31)34-28(4,5)6)25-14-10-22-18-24(13-9-23(22)19-25)29(7)35(32,33)26-15-11-21(12-16-26)20(2)3/h8-9,11-13,15-16,18,20,25H,1,10,14,17,19H2,2-7H3. The molecule has 1 unspecified atom stereocenters. The molecule has 3 rings (SSSR count). The molecule has 190 valence electrons. The van der Waals surface area contributed by atoms with Gasteiger partial charge in [0, 0.05) is 19.6 Å². The average Bonchev–Trinajstić information content (AvgIpc) is 2.80. The number of sulfonamides is 1. The molecule has 0 saturated heterocycles. The summed E-state index contributed by atoms with van der Waals surface area (Å²) in [5.41, 5.74) is 3.40. The Morgan fingerprint density at radius 1 is 1.14 bits per heavy atom. The van der Waals surface area contributed by atoms with E-state index in [4.69, 9.17) is 4.74 Å². The Bertz CT molecular complexity index is 1160. The molecule has 0 heterocycles. The highest BCUT2D eigenvalue weighted by Crippen LogP contribution is 2.31. The topological polar surface area (TPSA) is 66.9 Å². The minimum atomic E-state index is -3.67. The summed E-state index contributed by atoms with van der Waals surface area (Å²) < 4.78 is 33.4. The maximum absolute atomic E-state index is 13.2. The molecule has 2 aromatic rings. The highest BCUT2D eigenvalue weighted by Gasteiger charge is 2.31. The van der Waals surface area contributed by atoms with E-state index in [0.29, 0.717) is 24.6 Å². The molecule has 0 aliphatic heterocycles. The smallest absolute Gasteiger partial charge is 0.410 e. The van der Waals surface area contributed by atoms with Crippen molar-refractivity contribution in [2.75, 3.05) is 17.9 Å². The van der Waals surface area contributed by atoms with Crippen molar-refractivity contribution in [3.05, 3.63) is 71.8 Å². The zero-order valence-electron chi connectivity index (χ0n) is 21.7. The van der Waals surface area contributed by atoms with Crippen LogP contribution in [0.5, 0.6) is 0 Å². The fourth-order valence-electron chi connectivity index (χ4n) is 4.34. The molecule has 1 atom stereocenters. The molecule has 2 aromatic carbocycles. The maximum atomic E-state index is 13.2. The molecule has 7 heteroatoms. The fraction of sp³-hybridized carbons (Fsp3) is 0.464. The lowest BCUT2D eigenvalue weighted by atomic mass is 9.87. The molecule has 0 radical (unpaired) electrons. The number of amides is 1. The van der Waals surface area contributed by atoms with Crippen LogP contribution < -0.4 is 4.31 Å². The van der Waals surface area contributed by atoms with Gasteiger partial charge in [-0.25, -0.2) is 13.2 Å². The third-order valence-electron chi connectivity index (χ3n) is 6.36. The van der Waals surface area contributed by atoms with Gasteiger partial charge in [-0.05, 0) is 86.9 Å². The Balaban J connectivity index is 1.79. The van der Waals surface area contributed by atoms with Crippen molar-refractivity contribution < 1.29 is 17.9 Å². The first kappa shape index (κ1) is 26.8. The molecular formula is C28H38N2O4S. The molecular weight excluding hydrogens is 460 g/mol. The summed E-state index contributed by atoms with van der Waals surface area (Å²) in [6.07, 6.45) is 3.60. The number of rotatable bonds is 7. The zero-order valence-corrected chi connectivity index (χ0v) is 22.6. The lowest BCUT2D eigenvalue weighted by molar-refractivity contribution is 0.0174. The summed E-state index contributed by atoms with van der Waals surface area (Å²) in [7, 11) is -2.08. The van der Waals surface area contributed by atoms with E-state index >= 15 is 0 Å². The summed E-state index contributed by atoms with van der Waals surface area (Å²) in [4.78, 5) is 14.8. The molecule has 0 bridgehead atoms. The number of carbonyl (C=O) groups is 1. The number of ether oxygens (including phenoxy) is 1. The van der Waals surface area contributed by atoms with Gasteiger partial charge in [0.25, 0.3) is 10.0 Å². The average molecular weight is 499 g/mol. The maximum Gasteiger partial charge on any atom is 0.410 e. The molecule has 1 aliphatic rings. The van der Waals surface area contributed by atoms with Gasteiger partial charge >= 0.3 is 6.09 Å². The van der Waals surface area contributed by atoms with Crippen molar-refractivity contribution in [1.82, 2.24) is 4.90 Å². The van der Waals surface area contributed by atoms with Gasteiger partial charge in [0.2, 0.25) is 0 Å². The van der Waals surface area contributed by atoms with Gasteiger partial charge in [0.15, 0.2) is 0 Å². The molecule has 0 fully saturated rings. The number of benzene rings is 2. The van der Waals surface area contributed by atoms with Crippen LogP contribution in [0.2, 0.25) is 0 Å². The normalized spacial score (nSPS) is 15.9. The van der Waals surface area contributed by atoms with Crippen molar-refractivity contribution in [2.45, 2.75) is 76.3 Å². The predicted molar refractivity (Wildman–Crippen MR) is 142 cm³/mol. The largest absolute Gasteiger partial charge is 0.444 e. The second-order valence-corrected chi connectivity index (χ2v) is 12.4. The first-order chi connectivity index (χ1) is 16.3. The monoisotopic (exact) mass is 498 g/mol. The first-order valence-electron chi connectivity index (χ1n) is 12.1. The molecule has 0 spiro atoms. The number of nitrogens with zero attached hydrogens (tertiary/aromatic N) is 2. The van der Waals surface area contributed by atoms with Crippen LogP contribution in [0.3, 0.4) is 0 Å². The molecule has 1 amide bonds. The summed E-state index contributed by atoms with van der Waals surface area (Å²) in [5.74, 6) is 0.340. The third-order valence-corrected chi connectivity index (χ3v) is 8.16. The van der Waals surface area contributed by atoms with Crippen LogP contribution in [0.4, 0.5) is 10.5 Å². The minimum Gasteiger partial charge on any atom is -0.444 e. The number of carbonyl (C=O) groups excluding carboxylic acids is 1. The van der Waals surface area contributed by atoms with Crippen molar-refractivity contribution in [3.63, 3.8) is 0 Å². The van der Waals surface area contributed by atoms with Gasteiger partial charge in [-0.15, -0.1) is 6.58 Å². The van der Waals surface area contributed by atoms with Crippen LogP contribution in [0.15, 0.2) is 60.0 Å². The molecule has 1 aliphatic carbocycles. The Hall–Kier alpha value is -2.80. The summed E-state index contributed by atoms with van der Waals surface area (Å²) in [6, 6.07) is 12.9. The molecule has 35 heavy (non-hydrogen) atoms. The SMILES string of the molecule is C=CCN(C(=O)OC(C)(C)C)C1CCc2cc(N(C)S(=O)(=O)c3ccc(C(C)C)cc3)ccc2C1. The van der Waals surface area contributed by atoms with Gasteiger partial charge in [-0.2, -0.15) is 0 Å². The van der Waals surface area contributed by atoms with Gasteiger partial charge in [0.1, 0.15) is 5.60 Å². The number of aryl methyl sites for hydroxylation is 1. The minimum absolute atomic E-state index is 0.00198. The number of hydrogen-bond donors (Lipinski definition) is 0. The van der Waals surface area contributed by atoms with E-state index in [9.17, 15) is 13.2 Å². The first-order valence-corrected chi connectivity index (χ1v) is 13.6. The van der Waals surface area contributed by atoms with Crippen LogP contribution in [0.1, 0.15) is 63.6 Å². The van der Waals surface area contributed by atoms with Gasteiger partial charge in [-0.3, -0.25) is 4.31 Å². The highest BCUT2D eigenvalue weighted by atomic mass is 32.2. The van der Waals surface area contributed by atoms with Crippen molar-refractivity contribution >= 4 is 21.8 Å². The number of hydrogen-bond acceptors (Lipinski definition) is 4. The van der Waals surface area contributed by atoms with Gasteiger partial charge in [0.05, 0.1) is 10.6 Å².